The van der Waals surface area contributed by atoms with E-state index in [4.69, 9.17) is 4.98 Å². The third-order valence-corrected chi connectivity index (χ3v) is 7.62. The highest BCUT2D eigenvalue weighted by Gasteiger charge is 2.51. The second kappa shape index (κ2) is 8.55. The highest BCUT2D eigenvalue weighted by molar-refractivity contribution is 5.86. The van der Waals surface area contributed by atoms with Crippen molar-refractivity contribution in [1.29, 1.82) is 5.26 Å². The highest BCUT2D eigenvalue weighted by Crippen LogP contribution is 2.43. The van der Waals surface area contributed by atoms with Crippen LogP contribution in [-0.4, -0.2) is 52.7 Å². The third kappa shape index (κ3) is 3.75. The number of aliphatic hydroxyl groups excluding tert-OH is 1. The number of aliphatic hydroxyl groups is 1. The van der Waals surface area contributed by atoms with Crippen molar-refractivity contribution in [3.63, 3.8) is 0 Å². The van der Waals surface area contributed by atoms with Crippen LogP contribution in [0.3, 0.4) is 0 Å². The van der Waals surface area contributed by atoms with Gasteiger partial charge in [0.1, 0.15) is 11.9 Å². The van der Waals surface area contributed by atoms with Crippen LogP contribution in [0.5, 0.6) is 0 Å². The van der Waals surface area contributed by atoms with Crippen molar-refractivity contribution in [1.82, 2.24) is 9.88 Å². The molecular formula is C26H30N4O2. The summed E-state index contributed by atoms with van der Waals surface area (Å²) in [5.74, 6) is 0.960. The largest absolute Gasteiger partial charge is 0.393 e. The predicted molar refractivity (Wildman–Crippen MR) is 123 cm³/mol. The molecule has 0 unspecified atom stereocenters. The maximum absolute atomic E-state index is 13.6. The van der Waals surface area contributed by atoms with Gasteiger partial charge in [-0.25, -0.2) is 4.98 Å². The van der Waals surface area contributed by atoms with E-state index in [1.807, 2.05) is 42.6 Å². The normalized spacial score (nSPS) is 28.2. The van der Waals surface area contributed by atoms with Crippen LogP contribution in [0.25, 0.3) is 11.1 Å². The van der Waals surface area contributed by atoms with Crippen LogP contribution in [0.1, 0.15) is 50.5 Å². The molecule has 5 rings (SSSR count). The number of carbonyl (C=O) groups is 1. The number of pyridine rings is 1. The molecule has 3 heterocycles. The van der Waals surface area contributed by atoms with Gasteiger partial charge in [-0.1, -0.05) is 30.3 Å². The number of amides is 1. The fraction of sp³-hybridized carbons (Fsp3) is 0.500. The van der Waals surface area contributed by atoms with Crippen molar-refractivity contribution in [3.8, 4) is 17.2 Å². The Morgan fingerprint density at radius 3 is 2.59 bits per heavy atom. The number of aromatic nitrogens is 1. The van der Waals surface area contributed by atoms with E-state index in [0.29, 0.717) is 17.9 Å². The molecule has 1 amide bonds. The topological polar surface area (TPSA) is 80.5 Å². The Morgan fingerprint density at radius 2 is 1.84 bits per heavy atom. The number of hydrogen-bond donors (Lipinski definition) is 1. The molecule has 2 aliphatic heterocycles. The Bertz CT molecular complexity index is 1030. The van der Waals surface area contributed by atoms with Crippen LogP contribution in [0.4, 0.5) is 5.82 Å². The molecule has 1 aromatic carbocycles. The Hall–Kier alpha value is -2.91. The van der Waals surface area contributed by atoms with Gasteiger partial charge in [0.05, 0.1) is 17.1 Å². The first-order valence-electron chi connectivity index (χ1n) is 11.8. The highest BCUT2D eigenvalue weighted by atomic mass is 16.3. The number of nitrogens with zero attached hydrogens (tertiary/aromatic N) is 4. The number of piperidine rings is 1. The van der Waals surface area contributed by atoms with Crippen LogP contribution < -0.4 is 4.90 Å². The lowest BCUT2D eigenvalue weighted by Crippen LogP contribution is -2.50. The van der Waals surface area contributed by atoms with Crippen molar-refractivity contribution in [3.05, 3.63) is 48.2 Å². The number of likely N-dealkylation sites (tertiary alicyclic amines) is 1. The van der Waals surface area contributed by atoms with Gasteiger partial charge in [0.2, 0.25) is 5.91 Å². The van der Waals surface area contributed by atoms with E-state index >= 15 is 0 Å². The minimum absolute atomic E-state index is 0.211. The van der Waals surface area contributed by atoms with Gasteiger partial charge in [0.25, 0.3) is 0 Å². The summed E-state index contributed by atoms with van der Waals surface area (Å²) in [4.78, 5) is 22.5. The molecule has 3 aliphatic rings. The molecular weight excluding hydrogens is 400 g/mol. The Labute approximate surface area is 189 Å². The predicted octanol–water partition coefficient (Wildman–Crippen LogP) is 3.74. The lowest BCUT2D eigenvalue weighted by molar-refractivity contribution is -0.139. The van der Waals surface area contributed by atoms with Gasteiger partial charge in [0, 0.05) is 37.4 Å². The molecule has 0 radical (unpaired) electrons. The molecule has 6 nitrogen and oxygen atoms in total. The van der Waals surface area contributed by atoms with E-state index in [1.54, 1.807) is 0 Å². The van der Waals surface area contributed by atoms with Crippen molar-refractivity contribution in [2.24, 2.45) is 5.41 Å². The summed E-state index contributed by atoms with van der Waals surface area (Å²) in [6, 6.07) is 14.5. The van der Waals surface area contributed by atoms with Gasteiger partial charge in [-0.05, 0) is 56.6 Å². The minimum Gasteiger partial charge on any atom is -0.393 e. The summed E-state index contributed by atoms with van der Waals surface area (Å²) < 4.78 is 0. The number of hydrogen-bond acceptors (Lipinski definition) is 5. The third-order valence-electron chi connectivity index (χ3n) is 7.62. The molecule has 0 bridgehead atoms. The zero-order valence-electron chi connectivity index (χ0n) is 18.4. The summed E-state index contributed by atoms with van der Waals surface area (Å²) >= 11 is 0. The first-order valence-corrected chi connectivity index (χ1v) is 11.8. The van der Waals surface area contributed by atoms with Gasteiger partial charge in [-0.15, -0.1) is 0 Å². The van der Waals surface area contributed by atoms with Crippen molar-refractivity contribution < 1.29 is 9.90 Å². The van der Waals surface area contributed by atoms with Crippen LogP contribution in [0, 0.1) is 16.7 Å². The SMILES string of the molecule is N#Cc1cc(-c2ccccc2)cnc1N1CCC[C@]2(CCN([C@H]3CC[C@H](O)CC3)C2=O)C1. The fourth-order valence-electron chi connectivity index (χ4n) is 5.84. The van der Waals surface area contributed by atoms with Crippen molar-refractivity contribution in [2.75, 3.05) is 24.5 Å². The summed E-state index contributed by atoms with van der Waals surface area (Å²) in [7, 11) is 0. The molecule has 6 heteroatoms. The number of anilines is 1. The summed E-state index contributed by atoms with van der Waals surface area (Å²) in [6.45, 7) is 2.25. The molecule has 1 spiro atoms. The second-order valence-electron chi connectivity index (χ2n) is 9.59. The van der Waals surface area contributed by atoms with E-state index in [9.17, 15) is 15.2 Å². The number of benzene rings is 1. The Balaban J connectivity index is 1.36. The molecule has 1 atom stereocenters. The van der Waals surface area contributed by atoms with Crippen molar-refractivity contribution >= 4 is 11.7 Å². The van der Waals surface area contributed by atoms with Crippen LogP contribution in [0.15, 0.2) is 42.6 Å². The average Bonchev–Trinajstić information content (AvgIpc) is 3.15. The smallest absolute Gasteiger partial charge is 0.230 e. The Morgan fingerprint density at radius 1 is 1.06 bits per heavy atom. The first-order chi connectivity index (χ1) is 15.6. The first kappa shape index (κ1) is 21.0. The van der Waals surface area contributed by atoms with Gasteiger partial charge in [-0.2, -0.15) is 5.26 Å². The van der Waals surface area contributed by atoms with Crippen LogP contribution in [-0.2, 0) is 4.79 Å². The van der Waals surface area contributed by atoms with E-state index in [0.717, 1.165) is 69.2 Å². The van der Waals surface area contributed by atoms with E-state index in [1.165, 1.54) is 0 Å². The summed E-state index contributed by atoms with van der Waals surface area (Å²) in [6.07, 6.45) is 7.69. The molecule has 32 heavy (non-hydrogen) atoms. The van der Waals surface area contributed by atoms with Gasteiger partial charge >= 0.3 is 0 Å². The van der Waals surface area contributed by atoms with Crippen LogP contribution in [0.2, 0.25) is 0 Å². The van der Waals surface area contributed by atoms with Gasteiger partial charge in [-0.3, -0.25) is 4.79 Å². The average molecular weight is 431 g/mol. The van der Waals surface area contributed by atoms with Gasteiger partial charge < -0.3 is 14.9 Å². The molecule has 2 saturated heterocycles. The van der Waals surface area contributed by atoms with Gasteiger partial charge in [0.15, 0.2) is 0 Å². The zero-order valence-corrected chi connectivity index (χ0v) is 18.4. The standard InChI is InChI=1S/C26H30N4O2/c27-16-20-15-21(19-5-2-1-3-6-19)17-28-24(20)29-13-4-11-26(18-29)12-14-30(25(26)32)22-7-9-23(31)10-8-22/h1-3,5-6,15,17,22-23,31H,4,7-14,18H2/t22-,23-,26-/m0/s1. The quantitative estimate of drug-likeness (QED) is 0.802. The maximum atomic E-state index is 13.6. The van der Waals surface area contributed by atoms with Crippen molar-refractivity contribution in [2.45, 2.75) is 57.1 Å². The summed E-state index contributed by atoms with van der Waals surface area (Å²) in [5, 5.41) is 19.7. The lowest BCUT2D eigenvalue weighted by atomic mass is 9.78. The molecule has 1 aromatic heterocycles. The second-order valence-corrected chi connectivity index (χ2v) is 9.59. The molecule has 2 aromatic rings. The van der Waals surface area contributed by atoms with E-state index < -0.39 is 0 Å². The molecule has 1 saturated carbocycles. The zero-order chi connectivity index (χ0) is 22.1. The number of carbonyl (C=O) groups excluding carboxylic acids is 1. The molecule has 1 aliphatic carbocycles. The monoisotopic (exact) mass is 430 g/mol. The minimum atomic E-state index is -0.374. The molecule has 3 fully saturated rings. The van der Waals surface area contributed by atoms with E-state index in [-0.39, 0.29) is 23.5 Å². The Kier molecular flexibility index (Phi) is 5.60. The fourth-order valence-corrected chi connectivity index (χ4v) is 5.84. The number of rotatable bonds is 3. The number of nitriles is 1. The maximum Gasteiger partial charge on any atom is 0.230 e. The lowest BCUT2D eigenvalue weighted by Gasteiger charge is -2.41. The summed E-state index contributed by atoms with van der Waals surface area (Å²) in [5.41, 5.74) is 2.16. The van der Waals surface area contributed by atoms with E-state index in [2.05, 4.69) is 15.9 Å². The van der Waals surface area contributed by atoms with Crippen LogP contribution >= 0.6 is 0 Å². The molecule has 1 N–H and O–H groups in total. The molecule has 166 valence electrons.